The molecule has 28 heavy (non-hydrogen) atoms. The van der Waals surface area contributed by atoms with E-state index in [0.717, 1.165) is 11.3 Å². The average molecular weight is 428 g/mol. The van der Waals surface area contributed by atoms with E-state index in [1.54, 1.807) is 18.4 Å². The molecule has 0 spiro atoms. The second-order valence-corrected chi connectivity index (χ2v) is 9.32. The average Bonchev–Trinajstić information content (AvgIpc) is 3.37. The minimum atomic E-state index is -3.74. The van der Waals surface area contributed by atoms with Crippen molar-refractivity contribution in [3.63, 3.8) is 0 Å². The number of carbonyl (C=O) groups excluding carboxylic acids is 2. The number of amides is 2. The van der Waals surface area contributed by atoms with Gasteiger partial charge in [0.2, 0.25) is 5.91 Å². The quantitative estimate of drug-likeness (QED) is 0.641. The van der Waals surface area contributed by atoms with Crippen LogP contribution in [0.1, 0.15) is 16.2 Å². The predicted octanol–water partition coefficient (Wildman–Crippen LogP) is -0.365. The first-order valence-corrected chi connectivity index (χ1v) is 10.9. The molecule has 0 aromatic carbocycles. The van der Waals surface area contributed by atoms with Gasteiger partial charge in [0.15, 0.2) is 5.69 Å². The van der Waals surface area contributed by atoms with Crippen molar-refractivity contribution in [1.29, 1.82) is 0 Å². The highest BCUT2D eigenvalue weighted by Crippen LogP contribution is 2.24. The summed E-state index contributed by atoms with van der Waals surface area (Å²) in [5, 5.41) is 8.01. The molecule has 0 aliphatic carbocycles. The van der Waals surface area contributed by atoms with E-state index in [1.807, 2.05) is 0 Å². The zero-order chi connectivity index (χ0) is 20.3. The fraction of sp³-hybridized carbons (Fsp3) is 0.438. The SMILES string of the molecule is Cc1cc(C(=O)N2CCN(S(=O)(=O)c3cccs3)CC2C(=O)NCCN)no1. The second kappa shape index (κ2) is 8.39. The lowest BCUT2D eigenvalue weighted by Crippen LogP contribution is -2.61. The summed E-state index contributed by atoms with van der Waals surface area (Å²) in [6.45, 7) is 2.07. The highest BCUT2D eigenvalue weighted by atomic mass is 32.2. The molecule has 3 rings (SSSR count). The number of nitrogens with two attached hydrogens (primary N) is 1. The number of aromatic nitrogens is 1. The largest absolute Gasteiger partial charge is 0.361 e. The van der Waals surface area contributed by atoms with Crippen LogP contribution in [-0.2, 0) is 14.8 Å². The number of thiophene rings is 1. The standard InChI is InChI=1S/C16H21N5O5S2/c1-11-9-12(19-26-11)16(23)21-7-6-20(10-13(21)15(22)18-5-4-17)28(24,25)14-3-2-8-27-14/h2-3,8-9,13H,4-7,10,17H2,1H3,(H,18,22). The van der Waals surface area contributed by atoms with Gasteiger partial charge in [0.25, 0.3) is 15.9 Å². The van der Waals surface area contributed by atoms with Crippen molar-refractivity contribution in [2.75, 3.05) is 32.7 Å². The van der Waals surface area contributed by atoms with Gasteiger partial charge >= 0.3 is 0 Å². The van der Waals surface area contributed by atoms with Gasteiger partial charge in [-0.2, -0.15) is 4.31 Å². The Bertz CT molecular complexity index is 941. The first-order valence-electron chi connectivity index (χ1n) is 8.60. The lowest BCUT2D eigenvalue weighted by Gasteiger charge is -2.39. The van der Waals surface area contributed by atoms with Crippen LogP contribution in [0.25, 0.3) is 0 Å². The van der Waals surface area contributed by atoms with Crippen molar-refractivity contribution in [1.82, 2.24) is 19.7 Å². The van der Waals surface area contributed by atoms with Crippen LogP contribution in [0.15, 0.2) is 32.3 Å². The van der Waals surface area contributed by atoms with Crippen LogP contribution in [0.4, 0.5) is 0 Å². The van der Waals surface area contributed by atoms with Gasteiger partial charge in [0.05, 0.1) is 0 Å². The number of nitrogens with one attached hydrogen (secondary N) is 1. The summed E-state index contributed by atoms with van der Waals surface area (Å²) in [4.78, 5) is 26.8. The molecule has 1 aliphatic rings. The molecule has 2 amide bonds. The fourth-order valence-electron chi connectivity index (χ4n) is 2.91. The van der Waals surface area contributed by atoms with Gasteiger partial charge in [-0.05, 0) is 18.4 Å². The molecular weight excluding hydrogens is 406 g/mol. The first-order chi connectivity index (χ1) is 13.3. The summed E-state index contributed by atoms with van der Waals surface area (Å²) in [5.74, 6) is -0.491. The number of piperazine rings is 1. The van der Waals surface area contributed by atoms with Gasteiger partial charge in [0.1, 0.15) is 16.0 Å². The third-order valence-electron chi connectivity index (χ3n) is 4.29. The van der Waals surface area contributed by atoms with Crippen LogP contribution in [0.2, 0.25) is 0 Å². The number of hydrogen-bond donors (Lipinski definition) is 2. The summed E-state index contributed by atoms with van der Waals surface area (Å²) in [5.41, 5.74) is 5.51. The molecule has 3 N–H and O–H groups in total. The van der Waals surface area contributed by atoms with Crippen LogP contribution in [0, 0.1) is 6.92 Å². The van der Waals surface area contributed by atoms with E-state index in [1.165, 1.54) is 21.3 Å². The van der Waals surface area contributed by atoms with Crippen LogP contribution in [0.3, 0.4) is 0 Å². The van der Waals surface area contributed by atoms with Gasteiger partial charge in [-0.15, -0.1) is 11.3 Å². The minimum Gasteiger partial charge on any atom is -0.361 e. The minimum absolute atomic E-state index is 0.0516. The summed E-state index contributed by atoms with van der Waals surface area (Å²) in [6.07, 6.45) is 0. The Morgan fingerprint density at radius 2 is 2.21 bits per heavy atom. The number of rotatable bonds is 6. The molecule has 152 valence electrons. The van der Waals surface area contributed by atoms with E-state index < -0.39 is 27.9 Å². The maximum Gasteiger partial charge on any atom is 0.276 e. The molecule has 10 nitrogen and oxygen atoms in total. The normalized spacial score (nSPS) is 18.2. The highest BCUT2D eigenvalue weighted by Gasteiger charge is 2.40. The van der Waals surface area contributed by atoms with E-state index in [0.29, 0.717) is 5.76 Å². The Hall–Kier alpha value is -2.28. The summed E-state index contributed by atoms with van der Waals surface area (Å²) in [7, 11) is -3.74. The van der Waals surface area contributed by atoms with Crippen molar-refractivity contribution in [3.8, 4) is 0 Å². The molecule has 0 saturated carbocycles. The van der Waals surface area contributed by atoms with Gasteiger partial charge in [-0.25, -0.2) is 8.42 Å². The van der Waals surface area contributed by atoms with E-state index in [-0.39, 0.29) is 42.6 Å². The topological polar surface area (TPSA) is 139 Å². The lowest BCUT2D eigenvalue weighted by atomic mass is 10.1. The third-order valence-corrected chi connectivity index (χ3v) is 7.52. The van der Waals surface area contributed by atoms with Crippen LogP contribution < -0.4 is 11.1 Å². The number of sulfonamides is 1. The number of aryl methyl sites for hydroxylation is 1. The molecule has 1 atom stereocenters. The molecule has 0 radical (unpaired) electrons. The fourth-order valence-corrected chi connectivity index (χ4v) is 5.49. The summed E-state index contributed by atoms with van der Waals surface area (Å²) in [6, 6.07) is 3.64. The molecule has 0 bridgehead atoms. The molecule has 1 fully saturated rings. The molecule has 1 aliphatic heterocycles. The zero-order valence-corrected chi connectivity index (χ0v) is 16.8. The second-order valence-electron chi connectivity index (χ2n) is 6.21. The smallest absolute Gasteiger partial charge is 0.276 e. The Balaban J connectivity index is 1.86. The van der Waals surface area contributed by atoms with Crippen molar-refractivity contribution >= 4 is 33.2 Å². The zero-order valence-electron chi connectivity index (χ0n) is 15.2. The van der Waals surface area contributed by atoms with E-state index in [2.05, 4.69) is 10.5 Å². The highest BCUT2D eigenvalue weighted by molar-refractivity contribution is 7.91. The van der Waals surface area contributed by atoms with Gasteiger partial charge in [-0.1, -0.05) is 11.2 Å². The maximum absolute atomic E-state index is 12.8. The lowest BCUT2D eigenvalue weighted by molar-refractivity contribution is -0.126. The van der Waals surface area contributed by atoms with Gasteiger partial charge < -0.3 is 20.5 Å². The van der Waals surface area contributed by atoms with Crippen LogP contribution >= 0.6 is 11.3 Å². The Morgan fingerprint density at radius 1 is 1.43 bits per heavy atom. The number of hydrogen-bond acceptors (Lipinski definition) is 8. The molecule has 3 heterocycles. The Kier molecular flexibility index (Phi) is 6.13. The van der Waals surface area contributed by atoms with Crippen molar-refractivity contribution in [3.05, 3.63) is 35.0 Å². The van der Waals surface area contributed by atoms with Crippen molar-refractivity contribution < 1.29 is 22.5 Å². The summed E-state index contributed by atoms with van der Waals surface area (Å²) >= 11 is 1.10. The molecule has 1 unspecified atom stereocenters. The molecule has 12 heteroatoms. The van der Waals surface area contributed by atoms with Crippen LogP contribution in [-0.4, -0.2) is 73.4 Å². The number of carbonyl (C=O) groups is 2. The van der Waals surface area contributed by atoms with Gasteiger partial charge in [-0.3, -0.25) is 9.59 Å². The monoisotopic (exact) mass is 427 g/mol. The van der Waals surface area contributed by atoms with Crippen LogP contribution in [0.5, 0.6) is 0 Å². The molecular formula is C16H21N5O5S2. The maximum atomic E-state index is 12.8. The van der Waals surface area contributed by atoms with Crippen molar-refractivity contribution in [2.24, 2.45) is 5.73 Å². The molecule has 2 aromatic heterocycles. The molecule has 2 aromatic rings. The number of nitrogens with zero attached hydrogens (tertiary/aromatic N) is 3. The first kappa shape index (κ1) is 20.5. The Labute approximate surface area is 166 Å². The van der Waals surface area contributed by atoms with E-state index in [4.69, 9.17) is 10.3 Å². The Morgan fingerprint density at radius 3 is 2.82 bits per heavy atom. The third kappa shape index (κ3) is 4.09. The predicted molar refractivity (Wildman–Crippen MR) is 101 cm³/mol. The van der Waals surface area contributed by atoms with Gasteiger partial charge in [0, 0.05) is 38.8 Å². The summed E-state index contributed by atoms with van der Waals surface area (Å²) < 4.78 is 32.0. The molecule has 1 saturated heterocycles. The van der Waals surface area contributed by atoms with E-state index >= 15 is 0 Å². The van der Waals surface area contributed by atoms with Crippen molar-refractivity contribution in [2.45, 2.75) is 17.2 Å². The van der Waals surface area contributed by atoms with E-state index in [9.17, 15) is 18.0 Å².